The SMILES string of the molecule is CC[C@H](C)NC(=O)[C@H](C)N(Cc1ccccc1Cl)C(=O)CN(c1cc(Cl)ccc1C)S(=O)(=O)c1ccccc1. The van der Waals surface area contributed by atoms with Gasteiger partial charge in [-0.3, -0.25) is 13.9 Å². The first-order valence-corrected chi connectivity index (χ1v) is 14.8. The zero-order chi connectivity index (χ0) is 28.7. The Labute approximate surface area is 240 Å². The van der Waals surface area contributed by atoms with Gasteiger partial charge < -0.3 is 10.2 Å². The monoisotopic (exact) mass is 589 g/mol. The molecule has 0 radical (unpaired) electrons. The van der Waals surface area contributed by atoms with Crippen molar-refractivity contribution in [3.63, 3.8) is 0 Å². The summed E-state index contributed by atoms with van der Waals surface area (Å²) in [6, 6.07) is 18.8. The lowest BCUT2D eigenvalue weighted by Crippen LogP contribution is -2.52. The summed E-state index contributed by atoms with van der Waals surface area (Å²) in [7, 11) is -4.17. The first kappa shape index (κ1) is 30.5. The molecule has 3 aromatic rings. The molecule has 0 unspecified atom stereocenters. The van der Waals surface area contributed by atoms with E-state index < -0.39 is 28.5 Å². The third kappa shape index (κ3) is 7.53. The molecular formula is C29H33Cl2N3O4S. The molecule has 3 rings (SSSR count). The maximum absolute atomic E-state index is 14.0. The molecule has 0 fully saturated rings. The van der Waals surface area contributed by atoms with E-state index in [1.807, 2.05) is 13.8 Å². The van der Waals surface area contributed by atoms with Gasteiger partial charge in [0.05, 0.1) is 10.6 Å². The number of rotatable bonds is 11. The standard InChI is InChI=1S/C29H33Cl2N3O4S/c1-5-21(3)32-29(36)22(4)33(18-23-11-9-10-14-26(23)31)28(35)19-34(27-17-24(30)16-15-20(27)2)39(37,38)25-12-7-6-8-13-25/h6-17,21-22H,5,18-19H2,1-4H3,(H,32,36)/t21-,22-/m0/s1. The predicted octanol–water partition coefficient (Wildman–Crippen LogP) is 5.83. The molecule has 208 valence electrons. The van der Waals surface area contributed by atoms with Gasteiger partial charge in [0.25, 0.3) is 10.0 Å². The molecule has 0 bridgehead atoms. The third-order valence-corrected chi connectivity index (χ3v) is 8.89. The normalized spacial score (nSPS) is 12.9. The number of carbonyl (C=O) groups is 2. The second-order valence-corrected chi connectivity index (χ2v) is 12.1. The lowest BCUT2D eigenvalue weighted by atomic mass is 10.1. The topological polar surface area (TPSA) is 86.8 Å². The fraction of sp³-hybridized carbons (Fsp3) is 0.310. The minimum atomic E-state index is -4.17. The molecule has 0 heterocycles. The van der Waals surface area contributed by atoms with Gasteiger partial charge >= 0.3 is 0 Å². The van der Waals surface area contributed by atoms with Crippen molar-refractivity contribution in [3.05, 3.63) is 94.0 Å². The molecule has 0 saturated heterocycles. The number of hydrogen-bond acceptors (Lipinski definition) is 4. The highest BCUT2D eigenvalue weighted by atomic mass is 35.5. The van der Waals surface area contributed by atoms with Gasteiger partial charge in [-0.05, 0) is 68.7 Å². The molecule has 0 aliphatic carbocycles. The minimum Gasteiger partial charge on any atom is -0.352 e. The van der Waals surface area contributed by atoms with E-state index in [1.165, 1.54) is 23.1 Å². The number of halogens is 2. The van der Waals surface area contributed by atoms with Gasteiger partial charge in [-0.25, -0.2) is 8.42 Å². The summed E-state index contributed by atoms with van der Waals surface area (Å²) in [5, 5.41) is 3.67. The number of nitrogens with one attached hydrogen (secondary N) is 1. The van der Waals surface area contributed by atoms with Crippen LogP contribution >= 0.6 is 23.2 Å². The molecule has 0 aromatic heterocycles. The van der Waals surface area contributed by atoms with Gasteiger partial charge in [0, 0.05) is 22.6 Å². The summed E-state index contributed by atoms with van der Waals surface area (Å²) in [5.74, 6) is -0.915. The summed E-state index contributed by atoms with van der Waals surface area (Å²) in [4.78, 5) is 28.5. The lowest BCUT2D eigenvalue weighted by Gasteiger charge is -2.33. The van der Waals surface area contributed by atoms with Gasteiger partial charge in [-0.15, -0.1) is 0 Å². The third-order valence-electron chi connectivity index (χ3n) is 6.52. The van der Waals surface area contributed by atoms with Crippen LogP contribution in [0.2, 0.25) is 10.0 Å². The molecule has 39 heavy (non-hydrogen) atoms. The smallest absolute Gasteiger partial charge is 0.264 e. The van der Waals surface area contributed by atoms with Gasteiger partial charge in [-0.1, -0.05) is 72.6 Å². The molecule has 0 saturated carbocycles. The van der Waals surface area contributed by atoms with Crippen LogP contribution in [0.1, 0.15) is 38.3 Å². The maximum Gasteiger partial charge on any atom is 0.264 e. The molecule has 2 amide bonds. The van der Waals surface area contributed by atoms with Crippen LogP contribution in [0, 0.1) is 6.92 Å². The van der Waals surface area contributed by atoms with Crippen LogP contribution in [0.3, 0.4) is 0 Å². The summed E-state index contributed by atoms with van der Waals surface area (Å²) in [6.07, 6.45) is 0.716. The fourth-order valence-corrected chi connectivity index (χ4v) is 5.80. The lowest BCUT2D eigenvalue weighted by molar-refractivity contribution is -0.139. The highest BCUT2D eigenvalue weighted by Crippen LogP contribution is 2.30. The second kappa shape index (κ2) is 13.3. The number of sulfonamides is 1. The Morgan fingerprint density at radius 1 is 0.949 bits per heavy atom. The van der Waals surface area contributed by atoms with Crippen LogP contribution < -0.4 is 9.62 Å². The van der Waals surface area contributed by atoms with Crippen LogP contribution in [0.4, 0.5) is 5.69 Å². The van der Waals surface area contributed by atoms with Crippen LogP contribution in [-0.4, -0.2) is 43.8 Å². The first-order valence-electron chi connectivity index (χ1n) is 12.6. The van der Waals surface area contributed by atoms with Crippen LogP contribution in [0.25, 0.3) is 0 Å². The Hall–Kier alpha value is -3.07. The van der Waals surface area contributed by atoms with Crippen molar-refractivity contribution in [2.75, 3.05) is 10.8 Å². The van der Waals surface area contributed by atoms with E-state index in [9.17, 15) is 18.0 Å². The number of aryl methyl sites for hydroxylation is 1. The number of benzene rings is 3. The number of hydrogen-bond donors (Lipinski definition) is 1. The number of carbonyl (C=O) groups excluding carboxylic acids is 2. The van der Waals surface area contributed by atoms with Crippen molar-refractivity contribution in [2.24, 2.45) is 0 Å². The Kier molecular flexibility index (Phi) is 10.4. The molecule has 1 N–H and O–H groups in total. The molecule has 0 aliphatic heterocycles. The van der Waals surface area contributed by atoms with Crippen molar-refractivity contribution < 1.29 is 18.0 Å². The second-order valence-electron chi connectivity index (χ2n) is 9.36. The van der Waals surface area contributed by atoms with Crippen LogP contribution in [-0.2, 0) is 26.2 Å². The number of nitrogens with zero attached hydrogens (tertiary/aromatic N) is 2. The van der Waals surface area contributed by atoms with Gasteiger partial charge in [0.1, 0.15) is 12.6 Å². The van der Waals surface area contributed by atoms with Gasteiger partial charge in [0.15, 0.2) is 0 Å². The van der Waals surface area contributed by atoms with Crippen molar-refractivity contribution in [2.45, 2.75) is 57.6 Å². The van der Waals surface area contributed by atoms with Crippen molar-refractivity contribution >= 4 is 50.7 Å². The summed E-state index contributed by atoms with van der Waals surface area (Å²) < 4.78 is 28.8. The van der Waals surface area contributed by atoms with Crippen LogP contribution in [0.15, 0.2) is 77.7 Å². The van der Waals surface area contributed by atoms with E-state index in [4.69, 9.17) is 23.2 Å². The Morgan fingerprint density at radius 2 is 1.59 bits per heavy atom. The minimum absolute atomic E-state index is 0.0152. The predicted molar refractivity (Wildman–Crippen MR) is 157 cm³/mol. The van der Waals surface area contributed by atoms with Crippen molar-refractivity contribution in [3.8, 4) is 0 Å². The van der Waals surface area contributed by atoms with Gasteiger partial charge in [0.2, 0.25) is 11.8 Å². The highest BCUT2D eigenvalue weighted by Gasteiger charge is 2.33. The quantitative estimate of drug-likeness (QED) is 0.305. The molecule has 3 aromatic carbocycles. The van der Waals surface area contributed by atoms with Crippen molar-refractivity contribution in [1.29, 1.82) is 0 Å². The Morgan fingerprint density at radius 3 is 2.23 bits per heavy atom. The molecule has 0 aliphatic rings. The molecule has 0 spiro atoms. The Bertz CT molecular complexity index is 1420. The maximum atomic E-state index is 14.0. The van der Waals surface area contributed by atoms with Gasteiger partial charge in [-0.2, -0.15) is 0 Å². The van der Waals surface area contributed by atoms with Crippen molar-refractivity contribution in [1.82, 2.24) is 10.2 Å². The molecule has 2 atom stereocenters. The van der Waals surface area contributed by atoms with E-state index in [1.54, 1.807) is 68.4 Å². The van der Waals surface area contributed by atoms with E-state index in [0.717, 1.165) is 4.31 Å². The van der Waals surface area contributed by atoms with Crippen LogP contribution in [0.5, 0.6) is 0 Å². The Balaban J connectivity index is 2.07. The van der Waals surface area contributed by atoms with E-state index >= 15 is 0 Å². The highest BCUT2D eigenvalue weighted by molar-refractivity contribution is 7.92. The zero-order valence-electron chi connectivity index (χ0n) is 22.4. The molecule has 7 nitrogen and oxygen atoms in total. The summed E-state index contributed by atoms with van der Waals surface area (Å²) in [6.45, 7) is 6.65. The zero-order valence-corrected chi connectivity index (χ0v) is 24.7. The molecular weight excluding hydrogens is 557 g/mol. The van der Waals surface area contributed by atoms with E-state index in [0.29, 0.717) is 27.6 Å². The van der Waals surface area contributed by atoms with E-state index in [2.05, 4.69) is 5.32 Å². The average Bonchev–Trinajstić information content (AvgIpc) is 2.92. The molecule has 10 heteroatoms. The largest absolute Gasteiger partial charge is 0.352 e. The summed E-state index contributed by atoms with van der Waals surface area (Å²) >= 11 is 12.6. The van der Waals surface area contributed by atoms with E-state index in [-0.39, 0.29) is 29.1 Å². The number of anilines is 1. The summed E-state index contributed by atoms with van der Waals surface area (Å²) in [5.41, 5.74) is 1.52. The number of amides is 2. The average molecular weight is 591 g/mol. The first-order chi connectivity index (χ1) is 18.4. The fourth-order valence-electron chi connectivity index (χ4n) is 3.94.